The van der Waals surface area contributed by atoms with Crippen molar-refractivity contribution < 1.29 is 14.3 Å². The van der Waals surface area contributed by atoms with E-state index in [1.807, 2.05) is 32.0 Å². The summed E-state index contributed by atoms with van der Waals surface area (Å²) in [5, 5.41) is 0. The van der Waals surface area contributed by atoms with Crippen molar-refractivity contribution in [3.05, 3.63) is 23.8 Å². The van der Waals surface area contributed by atoms with Crippen LogP contribution in [0.3, 0.4) is 0 Å². The molecule has 1 amide bonds. The average molecular weight is 264 g/mol. The Kier molecular flexibility index (Phi) is 3.95. The molecule has 2 rings (SSSR count). The molecule has 0 saturated carbocycles. The van der Waals surface area contributed by atoms with Crippen LogP contribution in [-0.4, -0.2) is 30.7 Å². The molecule has 19 heavy (non-hydrogen) atoms. The summed E-state index contributed by atoms with van der Waals surface area (Å²) in [7, 11) is 1.76. The van der Waals surface area contributed by atoms with Gasteiger partial charge < -0.3 is 20.1 Å². The number of ether oxygens (including phenoxy) is 2. The van der Waals surface area contributed by atoms with Gasteiger partial charge in [-0.15, -0.1) is 0 Å². The lowest BCUT2D eigenvalue weighted by atomic mass is 10.0. The summed E-state index contributed by atoms with van der Waals surface area (Å²) < 4.78 is 10.6. The Hall–Kier alpha value is -1.75. The summed E-state index contributed by atoms with van der Waals surface area (Å²) in [6.45, 7) is 4.65. The van der Waals surface area contributed by atoms with Crippen LogP contribution in [0.2, 0.25) is 0 Å². The van der Waals surface area contributed by atoms with E-state index in [9.17, 15) is 4.79 Å². The SMILES string of the molecule is CC(C)[C@@H](N)C(=O)N(C)Cc1ccc2c(c1)OCO2. The minimum atomic E-state index is -0.459. The average Bonchev–Trinajstić information content (AvgIpc) is 2.84. The Morgan fingerprint density at radius 1 is 1.37 bits per heavy atom. The van der Waals surface area contributed by atoms with Crippen LogP contribution in [0.1, 0.15) is 19.4 Å². The lowest BCUT2D eigenvalue weighted by Gasteiger charge is -2.23. The van der Waals surface area contributed by atoms with Gasteiger partial charge in [0.2, 0.25) is 12.7 Å². The van der Waals surface area contributed by atoms with E-state index in [2.05, 4.69) is 0 Å². The molecule has 0 saturated heterocycles. The van der Waals surface area contributed by atoms with Crippen LogP contribution >= 0.6 is 0 Å². The summed E-state index contributed by atoms with van der Waals surface area (Å²) in [5.41, 5.74) is 6.87. The van der Waals surface area contributed by atoms with Crippen molar-refractivity contribution in [2.24, 2.45) is 11.7 Å². The fraction of sp³-hybridized carbons (Fsp3) is 0.500. The standard InChI is InChI=1S/C14H20N2O3/c1-9(2)13(15)14(17)16(3)7-10-4-5-11-12(6-10)19-8-18-11/h4-6,9,13H,7-8,15H2,1-3H3/t13-/m1/s1. The monoisotopic (exact) mass is 264 g/mol. The second kappa shape index (κ2) is 5.48. The van der Waals surface area contributed by atoms with Crippen LogP contribution < -0.4 is 15.2 Å². The van der Waals surface area contributed by atoms with Crippen LogP contribution in [0.5, 0.6) is 11.5 Å². The lowest BCUT2D eigenvalue weighted by molar-refractivity contribution is -0.132. The van der Waals surface area contributed by atoms with Gasteiger partial charge in [0, 0.05) is 13.6 Å². The molecular weight excluding hydrogens is 244 g/mol. The first-order chi connectivity index (χ1) is 8.99. The summed E-state index contributed by atoms with van der Waals surface area (Å²) in [4.78, 5) is 13.7. The Labute approximate surface area is 113 Å². The number of carbonyl (C=O) groups is 1. The van der Waals surface area contributed by atoms with Gasteiger partial charge in [0.15, 0.2) is 11.5 Å². The highest BCUT2D eigenvalue weighted by molar-refractivity contribution is 5.81. The van der Waals surface area contributed by atoms with Crippen LogP contribution in [0.4, 0.5) is 0 Å². The molecular formula is C14H20N2O3. The predicted molar refractivity (Wildman–Crippen MR) is 71.9 cm³/mol. The Balaban J connectivity index is 2.03. The number of amides is 1. The summed E-state index contributed by atoms with van der Waals surface area (Å²) >= 11 is 0. The normalized spacial score (nSPS) is 14.6. The van der Waals surface area contributed by atoms with Gasteiger partial charge in [-0.1, -0.05) is 19.9 Å². The minimum absolute atomic E-state index is 0.0485. The second-order valence-corrected chi connectivity index (χ2v) is 5.15. The van der Waals surface area contributed by atoms with Crippen LogP contribution in [0, 0.1) is 5.92 Å². The maximum Gasteiger partial charge on any atom is 0.239 e. The molecule has 1 atom stereocenters. The third kappa shape index (κ3) is 2.98. The van der Waals surface area contributed by atoms with Gasteiger partial charge in [-0.2, -0.15) is 0 Å². The number of rotatable bonds is 4. The Morgan fingerprint density at radius 2 is 2.05 bits per heavy atom. The molecule has 5 heteroatoms. The van der Waals surface area contributed by atoms with E-state index in [-0.39, 0.29) is 18.6 Å². The van der Waals surface area contributed by atoms with E-state index >= 15 is 0 Å². The van der Waals surface area contributed by atoms with Gasteiger partial charge in [-0.3, -0.25) is 4.79 Å². The molecule has 0 spiro atoms. The highest BCUT2D eigenvalue weighted by atomic mass is 16.7. The molecule has 0 aromatic heterocycles. The summed E-state index contributed by atoms with van der Waals surface area (Å²) in [6, 6.07) is 5.22. The van der Waals surface area contributed by atoms with E-state index in [0.717, 1.165) is 17.1 Å². The van der Waals surface area contributed by atoms with Crippen LogP contribution in [-0.2, 0) is 11.3 Å². The quantitative estimate of drug-likeness (QED) is 0.891. The summed E-state index contributed by atoms with van der Waals surface area (Å²) in [6.07, 6.45) is 0. The van der Waals surface area contributed by atoms with Crippen LogP contribution in [0.25, 0.3) is 0 Å². The van der Waals surface area contributed by atoms with E-state index in [4.69, 9.17) is 15.2 Å². The molecule has 1 aliphatic rings. The molecule has 0 fully saturated rings. The van der Waals surface area contributed by atoms with Gasteiger partial charge in [0.05, 0.1) is 6.04 Å². The first-order valence-electron chi connectivity index (χ1n) is 6.38. The van der Waals surface area contributed by atoms with Gasteiger partial charge in [0.1, 0.15) is 0 Å². The van der Waals surface area contributed by atoms with Crippen molar-refractivity contribution in [3.8, 4) is 11.5 Å². The number of hydrogen-bond acceptors (Lipinski definition) is 4. The molecule has 5 nitrogen and oxygen atoms in total. The van der Waals surface area contributed by atoms with Crippen molar-refractivity contribution >= 4 is 5.91 Å². The molecule has 1 aromatic carbocycles. The fourth-order valence-corrected chi connectivity index (χ4v) is 1.93. The van der Waals surface area contributed by atoms with Crippen molar-refractivity contribution in [1.29, 1.82) is 0 Å². The molecule has 1 heterocycles. The molecule has 1 aromatic rings. The highest BCUT2D eigenvalue weighted by Crippen LogP contribution is 2.32. The second-order valence-electron chi connectivity index (χ2n) is 5.15. The smallest absolute Gasteiger partial charge is 0.239 e. The van der Waals surface area contributed by atoms with Gasteiger partial charge in [-0.25, -0.2) is 0 Å². The molecule has 2 N–H and O–H groups in total. The van der Waals surface area contributed by atoms with E-state index in [0.29, 0.717) is 6.54 Å². The zero-order chi connectivity index (χ0) is 14.0. The van der Waals surface area contributed by atoms with E-state index in [1.54, 1.807) is 11.9 Å². The van der Waals surface area contributed by atoms with Crippen molar-refractivity contribution in [2.75, 3.05) is 13.8 Å². The third-order valence-electron chi connectivity index (χ3n) is 3.24. The molecule has 0 unspecified atom stereocenters. The zero-order valence-electron chi connectivity index (χ0n) is 11.6. The predicted octanol–water partition coefficient (Wildman–Crippen LogP) is 1.36. The van der Waals surface area contributed by atoms with E-state index < -0.39 is 6.04 Å². The Morgan fingerprint density at radius 3 is 2.74 bits per heavy atom. The van der Waals surface area contributed by atoms with Gasteiger partial charge >= 0.3 is 0 Å². The fourth-order valence-electron chi connectivity index (χ4n) is 1.93. The number of fused-ring (bicyclic) bond motifs is 1. The molecule has 0 bridgehead atoms. The van der Waals surface area contributed by atoms with E-state index in [1.165, 1.54) is 0 Å². The number of carbonyl (C=O) groups excluding carboxylic acids is 1. The number of benzene rings is 1. The maximum atomic E-state index is 12.1. The number of nitrogens with zero attached hydrogens (tertiary/aromatic N) is 1. The minimum Gasteiger partial charge on any atom is -0.454 e. The van der Waals surface area contributed by atoms with Crippen LogP contribution in [0.15, 0.2) is 18.2 Å². The first kappa shape index (κ1) is 13.7. The van der Waals surface area contributed by atoms with Gasteiger partial charge in [-0.05, 0) is 23.6 Å². The van der Waals surface area contributed by atoms with Crippen molar-refractivity contribution in [2.45, 2.75) is 26.4 Å². The molecule has 104 valence electrons. The Bertz CT molecular complexity index is 474. The number of nitrogens with two attached hydrogens (primary N) is 1. The molecule has 0 radical (unpaired) electrons. The van der Waals surface area contributed by atoms with Crippen molar-refractivity contribution in [3.63, 3.8) is 0 Å². The maximum absolute atomic E-state index is 12.1. The molecule has 1 aliphatic heterocycles. The lowest BCUT2D eigenvalue weighted by Crippen LogP contribution is -2.44. The van der Waals surface area contributed by atoms with Gasteiger partial charge in [0.25, 0.3) is 0 Å². The number of hydrogen-bond donors (Lipinski definition) is 1. The highest BCUT2D eigenvalue weighted by Gasteiger charge is 2.21. The topological polar surface area (TPSA) is 64.8 Å². The number of likely N-dealkylation sites (N-methyl/N-ethyl adjacent to an activating group) is 1. The zero-order valence-corrected chi connectivity index (χ0v) is 11.6. The van der Waals surface area contributed by atoms with Crippen molar-refractivity contribution in [1.82, 2.24) is 4.90 Å². The molecule has 0 aliphatic carbocycles. The third-order valence-corrected chi connectivity index (χ3v) is 3.24. The summed E-state index contributed by atoms with van der Waals surface area (Å²) in [5.74, 6) is 1.56. The first-order valence-corrected chi connectivity index (χ1v) is 6.38. The largest absolute Gasteiger partial charge is 0.454 e.